The second-order valence-corrected chi connectivity index (χ2v) is 4.11. The fraction of sp³-hybridized carbons (Fsp3) is 0.889. The van der Waals surface area contributed by atoms with Gasteiger partial charge in [-0.15, -0.1) is 0 Å². The van der Waals surface area contributed by atoms with E-state index in [1.165, 1.54) is 0 Å². The van der Waals surface area contributed by atoms with E-state index in [0.717, 1.165) is 13.0 Å². The molecule has 0 bridgehead atoms. The van der Waals surface area contributed by atoms with Gasteiger partial charge in [0.05, 0.1) is 5.41 Å². The maximum Gasteiger partial charge on any atom is 0.230 e. The fourth-order valence-corrected chi connectivity index (χ4v) is 1.60. The number of nitrogens with two attached hydrogens (primary N) is 1. The molecule has 0 radical (unpaired) electrons. The molecule has 3 nitrogen and oxygen atoms in total. The highest BCUT2D eigenvalue weighted by atomic mass is 16.2. The van der Waals surface area contributed by atoms with Gasteiger partial charge in [0.25, 0.3) is 0 Å². The molecule has 1 saturated heterocycles. The third kappa shape index (κ3) is 1.33. The Kier molecular flexibility index (Phi) is 2.42. The first kappa shape index (κ1) is 9.52. The van der Waals surface area contributed by atoms with Crippen LogP contribution in [-0.4, -0.2) is 29.9 Å². The molecule has 0 aromatic heterocycles. The number of nitrogens with zero attached hydrogens (tertiary/aromatic N) is 1. The highest BCUT2D eigenvalue weighted by molar-refractivity contribution is 5.84. The molecule has 2 N–H and O–H groups in total. The molecule has 3 heteroatoms. The molecule has 0 aromatic rings. The summed E-state index contributed by atoms with van der Waals surface area (Å²) in [6.07, 6.45) is 0.903. The van der Waals surface area contributed by atoms with Crippen LogP contribution in [0.25, 0.3) is 0 Å². The van der Waals surface area contributed by atoms with Crippen LogP contribution in [0.3, 0.4) is 0 Å². The van der Waals surface area contributed by atoms with Crippen LogP contribution in [-0.2, 0) is 4.79 Å². The summed E-state index contributed by atoms with van der Waals surface area (Å²) in [5.41, 5.74) is 5.29. The van der Waals surface area contributed by atoms with Gasteiger partial charge in [-0.2, -0.15) is 0 Å². The summed E-state index contributed by atoms with van der Waals surface area (Å²) in [6.45, 7) is 7.37. The van der Waals surface area contributed by atoms with Gasteiger partial charge in [-0.25, -0.2) is 0 Å². The molecular formula is C9H18N2O. The summed E-state index contributed by atoms with van der Waals surface area (Å²) in [7, 11) is 0. The summed E-state index contributed by atoms with van der Waals surface area (Å²) in [6, 6.07) is 0.311. The summed E-state index contributed by atoms with van der Waals surface area (Å²) < 4.78 is 0. The van der Waals surface area contributed by atoms with Crippen molar-refractivity contribution in [3.63, 3.8) is 0 Å². The predicted octanol–water partition coefficient (Wildman–Crippen LogP) is 0.592. The Morgan fingerprint density at radius 3 is 2.50 bits per heavy atom. The Morgan fingerprint density at radius 2 is 2.25 bits per heavy atom. The highest BCUT2D eigenvalue weighted by Crippen LogP contribution is 2.31. The Morgan fingerprint density at radius 1 is 1.67 bits per heavy atom. The molecule has 1 aliphatic rings. The largest absolute Gasteiger partial charge is 0.340 e. The topological polar surface area (TPSA) is 46.3 Å². The van der Waals surface area contributed by atoms with Gasteiger partial charge in [0.1, 0.15) is 0 Å². The molecule has 1 aliphatic heterocycles. The number of carbonyl (C=O) groups excluding carboxylic acids is 1. The summed E-state index contributed by atoms with van der Waals surface area (Å²) in [5, 5.41) is 0. The van der Waals surface area contributed by atoms with Crippen molar-refractivity contribution in [3.8, 4) is 0 Å². The zero-order chi connectivity index (χ0) is 9.35. The average Bonchev–Trinajstić information content (AvgIpc) is 2.30. The maximum absolute atomic E-state index is 11.7. The van der Waals surface area contributed by atoms with Crippen molar-refractivity contribution in [1.29, 1.82) is 0 Å². The molecule has 1 amide bonds. The number of hydrogen-bond acceptors (Lipinski definition) is 2. The van der Waals surface area contributed by atoms with Crippen LogP contribution in [0.2, 0.25) is 0 Å². The average molecular weight is 170 g/mol. The van der Waals surface area contributed by atoms with Crippen LogP contribution in [0.5, 0.6) is 0 Å². The van der Waals surface area contributed by atoms with Crippen molar-refractivity contribution >= 4 is 5.91 Å². The van der Waals surface area contributed by atoms with Gasteiger partial charge in [-0.3, -0.25) is 4.79 Å². The lowest BCUT2D eigenvalue weighted by molar-refractivity contribution is -0.136. The number of rotatable bonds is 2. The van der Waals surface area contributed by atoms with Gasteiger partial charge in [-0.05, 0) is 27.2 Å². The first-order chi connectivity index (χ1) is 5.51. The van der Waals surface area contributed by atoms with Crippen molar-refractivity contribution in [2.24, 2.45) is 11.1 Å². The molecule has 1 fully saturated rings. The normalized spacial score (nSPS) is 30.4. The SMILES string of the molecule is CC(C)N1CC[C@](C)(CN)C1=O. The van der Waals surface area contributed by atoms with E-state index >= 15 is 0 Å². The summed E-state index contributed by atoms with van der Waals surface area (Å²) >= 11 is 0. The number of amides is 1. The minimum Gasteiger partial charge on any atom is -0.340 e. The van der Waals surface area contributed by atoms with Crippen LogP contribution < -0.4 is 5.73 Å². The maximum atomic E-state index is 11.7. The zero-order valence-corrected chi connectivity index (χ0v) is 8.13. The fourth-order valence-electron chi connectivity index (χ4n) is 1.60. The molecule has 0 saturated carbocycles. The Balaban J connectivity index is 2.74. The monoisotopic (exact) mass is 170 g/mol. The van der Waals surface area contributed by atoms with Crippen LogP contribution in [0.1, 0.15) is 27.2 Å². The van der Waals surface area contributed by atoms with Crippen molar-refractivity contribution in [3.05, 3.63) is 0 Å². The number of likely N-dealkylation sites (tertiary alicyclic amines) is 1. The van der Waals surface area contributed by atoms with E-state index in [4.69, 9.17) is 5.73 Å². The predicted molar refractivity (Wildman–Crippen MR) is 48.6 cm³/mol. The van der Waals surface area contributed by atoms with Crippen LogP contribution >= 0.6 is 0 Å². The van der Waals surface area contributed by atoms with Gasteiger partial charge < -0.3 is 10.6 Å². The van der Waals surface area contributed by atoms with E-state index in [-0.39, 0.29) is 11.3 Å². The second-order valence-electron chi connectivity index (χ2n) is 4.11. The van der Waals surface area contributed by atoms with E-state index in [2.05, 4.69) is 0 Å². The first-order valence-electron chi connectivity index (χ1n) is 4.52. The van der Waals surface area contributed by atoms with Gasteiger partial charge in [0.2, 0.25) is 5.91 Å². The first-order valence-corrected chi connectivity index (χ1v) is 4.52. The number of carbonyl (C=O) groups is 1. The molecule has 0 spiro atoms. The standard InChI is InChI=1S/C9H18N2O/c1-7(2)11-5-4-9(3,6-10)8(11)12/h7H,4-6,10H2,1-3H3/t9-/m1/s1. The Bertz CT molecular complexity index is 191. The van der Waals surface area contributed by atoms with E-state index < -0.39 is 0 Å². The zero-order valence-electron chi connectivity index (χ0n) is 8.13. The lowest BCUT2D eigenvalue weighted by atomic mass is 9.89. The molecule has 70 valence electrons. The molecular weight excluding hydrogens is 152 g/mol. The Labute approximate surface area is 73.9 Å². The third-order valence-electron chi connectivity index (χ3n) is 2.76. The van der Waals surface area contributed by atoms with Gasteiger partial charge in [-0.1, -0.05) is 0 Å². The molecule has 1 rings (SSSR count). The minimum atomic E-state index is -0.287. The lowest BCUT2D eigenvalue weighted by Gasteiger charge is -2.24. The van der Waals surface area contributed by atoms with Crippen LogP contribution in [0, 0.1) is 5.41 Å². The van der Waals surface area contributed by atoms with Crippen molar-refractivity contribution in [2.45, 2.75) is 33.2 Å². The van der Waals surface area contributed by atoms with Gasteiger partial charge in [0.15, 0.2) is 0 Å². The smallest absolute Gasteiger partial charge is 0.230 e. The Hall–Kier alpha value is -0.570. The van der Waals surface area contributed by atoms with E-state index in [0.29, 0.717) is 12.6 Å². The molecule has 0 aliphatic carbocycles. The molecule has 0 aromatic carbocycles. The van der Waals surface area contributed by atoms with E-state index in [9.17, 15) is 4.79 Å². The third-order valence-corrected chi connectivity index (χ3v) is 2.76. The lowest BCUT2D eigenvalue weighted by Crippen LogP contribution is -2.40. The summed E-state index contributed by atoms with van der Waals surface area (Å²) in [4.78, 5) is 13.7. The molecule has 12 heavy (non-hydrogen) atoms. The molecule has 1 atom stereocenters. The number of hydrogen-bond donors (Lipinski definition) is 1. The second kappa shape index (κ2) is 3.05. The van der Waals surface area contributed by atoms with Crippen molar-refractivity contribution in [1.82, 2.24) is 4.90 Å². The van der Waals surface area contributed by atoms with Gasteiger partial charge >= 0.3 is 0 Å². The highest BCUT2D eigenvalue weighted by Gasteiger charge is 2.42. The van der Waals surface area contributed by atoms with Crippen molar-refractivity contribution < 1.29 is 4.79 Å². The van der Waals surface area contributed by atoms with E-state index in [1.807, 2.05) is 25.7 Å². The summed E-state index contributed by atoms with van der Waals surface area (Å²) in [5.74, 6) is 0.222. The quantitative estimate of drug-likeness (QED) is 0.659. The van der Waals surface area contributed by atoms with Crippen molar-refractivity contribution in [2.75, 3.05) is 13.1 Å². The van der Waals surface area contributed by atoms with Gasteiger partial charge in [0, 0.05) is 19.1 Å². The van der Waals surface area contributed by atoms with Crippen LogP contribution in [0.15, 0.2) is 0 Å². The molecule has 1 heterocycles. The molecule has 0 unspecified atom stereocenters. The van der Waals surface area contributed by atoms with E-state index in [1.54, 1.807) is 0 Å². The minimum absolute atomic E-state index is 0.222. The van der Waals surface area contributed by atoms with Crippen LogP contribution in [0.4, 0.5) is 0 Å².